The van der Waals surface area contributed by atoms with Crippen molar-refractivity contribution in [1.29, 1.82) is 0 Å². The maximum Gasteiger partial charge on any atom is 0.139 e. The highest BCUT2D eigenvalue weighted by molar-refractivity contribution is 9.09. The summed E-state index contributed by atoms with van der Waals surface area (Å²) in [5, 5.41) is 1.41. The minimum absolute atomic E-state index is 0.316. The van der Waals surface area contributed by atoms with Gasteiger partial charge in [-0.15, -0.1) is 0 Å². The molecule has 0 radical (unpaired) electrons. The van der Waals surface area contributed by atoms with Crippen LogP contribution in [0.25, 0.3) is 0 Å². The zero-order chi connectivity index (χ0) is 14.3. The van der Waals surface area contributed by atoms with Crippen LogP contribution in [0.3, 0.4) is 0 Å². The second-order valence-corrected chi connectivity index (χ2v) is 7.63. The van der Waals surface area contributed by atoms with E-state index in [0.717, 1.165) is 28.3 Å². The van der Waals surface area contributed by atoms with Gasteiger partial charge in [-0.1, -0.05) is 52.0 Å². The SMILES string of the molecule is CCOc1cc(Cl)c(C(Br)C2C3CCCCC32)cc1Cl. The summed E-state index contributed by atoms with van der Waals surface area (Å²) in [4.78, 5) is 0.316. The fourth-order valence-corrected chi connectivity index (χ4v) is 5.50. The Balaban J connectivity index is 1.81. The third kappa shape index (κ3) is 2.71. The van der Waals surface area contributed by atoms with Gasteiger partial charge in [-0.25, -0.2) is 0 Å². The van der Waals surface area contributed by atoms with Crippen molar-refractivity contribution >= 4 is 39.1 Å². The summed E-state index contributed by atoms with van der Waals surface area (Å²) in [6, 6.07) is 3.82. The highest BCUT2D eigenvalue weighted by Gasteiger charge is 2.54. The van der Waals surface area contributed by atoms with E-state index in [0.29, 0.717) is 22.2 Å². The molecule has 0 bridgehead atoms. The maximum absolute atomic E-state index is 6.43. The lowest BCUT2D eigenvalue weighted by Crippen LogP contribution is -1.99. The first kappa shape index (κ1) is 15.0. The fraction of sp³-hybridized carbons (Fsp3) is 0.625. The molecule has 2 saturated carbocycles. The predicted molar refractivity (Wildman–Crippen MR) is 88.2 cm³/mol. The van der Waals surface area contributed by atoms with E-state index < -0.39 is 0 Å². The van der Waals surface area contributed by atoms with E-state index >= 15 is 0 Å². The van der Waals surface area contributed by atoms with Gasteiger partial charge >= 0.3 is 0 Å². The topological polar surface area (TPSA) is 9.23 Å². The highest BCUT2D eigenvalue weighted by Crippen LogP contribution is 2.63. The fourth-order valence-electron chi connectivity index (χ4n) is 3.71. The second-order valence-electron chi connectivity index (χ2n) is 5.83. The number of rotatable bonds is 4. The molecule has 20 heavy (non-hydrogen) atoms. The quantitative estimate of drug-likeness (QED) is 0.562. The van der Waals surface area contributed by atoms with Gasteiger partial charge in [-0.3, -0.25) is 0 Å². The lowest BCUT2D eigenvalue weighted by molar-refractivity contribution is 0.340. The van der Waals surface area contributed by atoms with Crippen LogP contribution in [0.1, 0.15) is 43.0 Å². The van der Waals surface area contributed by atoms with Crippen molar-refractivity contribution in [2.24, 2.45) is 17.8 Å². The lowest BCUT2D eigenvalue weighted by Gasteiger charge is -2.15. The lowest BCUT2D eigenvalue weighted by atomic mass is 10.0. The standard InChI is InChI=1S/C16H19BrCl2O/c1-2-20-14-8-12(18)11(7-13(14)19)16(17)15-9-5-3-4-6-10(9)15/h7-10,15-16H,2-6H2,1H3. The molecule has 1 aromatic rings. The first-order valence-electron chi connectivity index (χ1n) is 7.39. The average Bonchev–Trinajstić information content (AvgIpc) is 3.16. The van der Waals surface area contributed by atoms with Crippen molar-refractivity contribution in [3.05, 3.63) is 27.7 Å². The molecule has 1 aromatic carbocycles. The van der Waals surface area contributed by atoms with E-state index in [9.17, 15) is 0 Å². The Bertz CT molecular complexity index is 493. The first-order chi connectivity index (χ1) is 9.63. The van der Waals surface area contributed by atoms with Crippen LogP contribution >= 0.6 is 39.1 Å². The number of ether oxygens (including phenoxy) is 1. The van der Waals surface area contributed by atoms with Gasteiger partial charge in [0, 0.05) is 15.9 Å². The van der Waals surface area contributed by atoms with E-state index in [2.05, 4.69) is 15.9 Å². The number of halogens is 3. The summed E-state index contributed by atoms with van der Waals surface area (Å²) in [7, 11) is 0. The van der Waals surface area contributed by atoms with E-state index in [1.54, 1.807) is 0 Å². The maximum atomic E-state index is 6.43. The molecule has 2 aliphatic rings. The normalized spacial score (nSPS) is 29.7. The van der Waals surface area contributed by atoms with Crippen LogP contribution in [0.5, 0.6) is 5.75 Å². The molecule has 0 aliphatic heterocycles. The average molecular weight is 378 g/mol. The number of benzene rings is 1. The van der Waals surface area contributed by atoms with Crippen molar-refractivity contribution in [2.75, 3.05) is 6.61 Å². The molecule has 0 saturated heterocycles. The van der Waals surface area contributed by atoms with Crippen LogP contribution in [0.15, 0.2) is 12.1 Å². The summed E-state index contributed by atoms with van der Waals surface area (Å²) in [5.41, 5.74) is 1.11. The number of hydrogen-bond acceptors (Lipinski definition) is 1. The highest BCUT2D eigenvalue weighted by atomic mass is 79.9. The van der Waals surface area contributed by atoms with Gasteiger partial charge in [0.25, 0.3) is 0 Å². The van der Waals surface area contributed by atoms with E-state index in [1.807, 2.05) is 19.1 Å². The molecule has 0 amide bonds. The van der Waals surface area contributed by atoms with Crippen LogP contribution < -0.4 is 4.74 Å². The van der Waals surface area contributed by atoms with Crippen LogP contribution in [-0.4, -0.2) is 6.61 Å². The van der Waals surface area contributed by atoms with E-state index in [-0.39, 0.29) is 0 Å². The Morgan fingerprint density at radius 1 is 1.20 bits per heavy atom. The monoisotopic (exact) mass is 376 g/mol. The minimum atomic E-state index is 0.316. The van der Waals surface area contributed by atoms with Crippen molar-refractivity contribution < 1.29 is 4.74 Å². The summed E-state index contributed by atoms with van der Waals surface area (Å²) in [6.07, 6.45) is 5.52. The zero-order valence-corrected chi connectivity index (χ0v) is 14.6. The largest absolute Gasteiger partial charge is 0.492 e. The molecule has 4 heteroatoms. The van der Waals surface area contributed by atoms with Crippen LogP contribution in [0, 0.1) is 17.8 Å². The third-order valence-electron chi connectivity index (χ3n) is 4.71. The molecule has 2 fully saturated rings. The smallest absolute Gasteiger partial charge is 0.139 e. The van der Waals surface area contributed by atoms with Crippen molar-refractivity contribution in [3.8, 4) is 5.75 Å². The Morgan fingerprint density at radius 3 is 2.45 bits per heavy atom. The van der Waals surface area contributed by atoms with Gasteiger partial charge in [-0.05, 0) is 49.1 Å². The van der Waals surface area contributed by atoms with Gasteiger partial charge in [0.05, 0.1) is 11.6 Å². The van der Waals surface area contributed by atoms with Crippen LogP contribution in [-0.2, 0) is 0 Å². The molecule has 3 unspecified atom stereocenters. The Hall–Kier alpha value is 0.0800. The molecular formula is C16H19BrCl2O. The van der Waals surface area contributed by atoms with E-state index in [4.69, 9.17) is 27.9 Å². The second kappa shape index (κ2) is 6.06. The Morgan fingerprint density at radius 2 is 1.85 bits per heavy atom. The summed E-state index contributed by atoms with van der Waals surface area (Å²) in [5.74, 6) is 3.17. The molecule has 3 atom stereocenters. The molecule has 0 aromatic heterocycles. The Kier molecular flexibility index (Phi) is 4.54. The Labute approximate surface area is 139 Å². The first-order valence-corrected chi connectivity index (χ1v) is 9.06. The van der Waals surface area contributed by atoms with Crippen molar-refractivity contribution in [1.82, 2.24) is 0 Å². The summed E-state index contributed by atoms with van der Waals surface area (Å²) >= 11 is 16.6. The molecular weight excluding hydrogens is 359 g/mol. The molecule has 0 spiro atoms. The summed E-state index contributed by atoms with van der Waals surface area (Å²) in [6.45, 7) is 2.54. The summed E-state index contributed by atoms with van der Waals surface area (Å²) < 4.78 is 5.49. The van der Waals surface area contributed by atoms with Crippen LogP contribution in [0.4, 0.5) is 0 Å². The molecule has 3 rings (SSSR count). The molecule has 0 heterocycles. The third-order valence-corrected chi connectivity index (χ3v) is 6.44. The molecule has 2 aliphatic carbocycles. The van der Waals surface area contributed by atoms with Crippen molar-refractivity contribution in [2.45, 2.75) is 37.4 Å². The number of hydrogen-bond donors (Lipinski definition) is 0. The predicted octanol–water partition coefficient (Wildman–Crippen LogP) is 6.26. The van der Waals surface area contributed by atoms with Crippen molar-refractivity contribution in [3.63, 3.8) is 0 Å². The van der Waals surface area contributed by atoms with Gasteiger partial charge in [-0.2, -0.15) is 0 Å². The van der Waals surface area contributed by atoms with E-state index in [1.165, 1.54) is 25.7 Å². The minimum Gasteiger partial charge on any atom is -0.492 e. The van der Waals surface area contributed by atoms with Gasteiger partial charge in [0.1, 0.15) is 5.75 Å². The van der Waals surface area contributed by atoms with Crippen LogP contribution in [0.2, 0.25) is 10.0 Å². The number of alkyl halides is 1. The van der Waals surface area contributed by atoms with Gasteiger partial charge in [0.15, 0.2) is 0 Å². The van der Waals surface area contributed by atoms with Gasteiger partial charge < -0.3 is 4.74 Å². The molecule has 110 valence electrons. The molecule has 1 nitrogen and oxygen atoms in total. The number of fused-ring (bicyclic) bond motifs is 1. The zero-order valence-electron chi connectivity index (χ0n) is 11.5. The molecule has 0 N–H and O–H groups in total. The van der Waals surface area contributed by atoms with Gasteiger partial charge in [0.2, 0.25) is 0 Å².